The van der Waals surface area contributed by atoms with E-state index in [0.29, 0.717) is 16.9 Å². The molecule has 2 aromatic rings. The van der Waals surface area contributed by atoms with E-state index in [1.165, 1.54) is 0 Å². The lowest BCUT2D eigenvalue weighted by atomic mass is 10.1. The summed E-state index contributed by atoms with van der Waals surface area (Å²) in [6.45, 7) is 7.51. The molecule has 1 N–H and O–H groups in total. The van der Waals surface area contributed by atoms with Gasteiger partial charge in [0, 0.05) is 5.69 Å². The number of rotatable bonds is 8. The van der Waals surface area contributed by atoms with Crippen molar-refractivity contribution >= 4 is 33.3 Å². The van der Waals surface area contributed by atoms with Gasteiger partial charge in [-0.05, 0) is 74.7 Å². The third-order valence-electron chi connectivity index (χ3n) is 4.45. The van der Waals surface area contributed by atoms with Crippen molar-refractivity contribution < 1.29 is 22.7 Å². The zero-order chi connectivity index (χ0) is 22.5. The van der Waals surface area contributed by atoms with Crippen LogP contribution in [0.4, 0.5) is 11.4 Å². The second-order valence-corrected chi connectivity index (χ2v) is 8.98. The van der Waals surface area contributed by atoms with Gasteiger partial charge in [-0.25, -0.2) is 13.2 Å². The van der Waals surface area contributed by atoms with Crippen LogP contribution in [-0.4, -0.2) is 39.2 Å². The molecular weight excluding hydrogens is 404 g/mol. The Hall–Kier alpha value is -2.87. The fourth-order valence-corrected chi connectivity index (χ4v) is 4.46. The van der Waals surface area contributed by atoms with Gasteiger partial charge in [0.2, 0.25) is 15.9 Å². The zero-order valence-corrected chi connectivity index (χ0v) is 18.7. The van der Waals surface area contributed by atoms with Crippen molar-refractivity contribution in [3.05, 3.63) is 59.2 Å². The van der Waals surface area contributed by atoms with Crippen molar-refractivity contribution in [2.75, 3.05) is 22.5 Å². The van der Waals surface area contributed by atoms with Gasteiger partial charge >= 0.3 is 5.97 Å². The van der Waals surface area contributed by atoms with Crippen LogP contribution in [0, 0.1) is 13.8 Å². The molecule has 30 heavy (non-hydrogen) atoms. The quantitative estimate of drug-likeness (QED) is 0.643. The van der Waals surface area contributed by atoms with Gasteiger partial charge in [-0.15, -0.1) is 0 Å². The minimum atomic E-state index is -3.71. The maximum Gasteiger partial charge on any atom is 0.338 e. The minimum absolute atomic E-state index is 0.273. The molecular formula is C22H28N2O5S. The van der Waals surface area contributed by atoms with Crippen molar-refractivity contribution in [2.24, 2.45) is 0 Å². The van der Waals surface area contributed by atoms with Gasteiger partial charge in [-0.2, -0.15) is 0 Å². The van der Waals surface area contributed by atoms with Gasteiger partial charge in [0.25, 0.3) is 0 Å². The third kappa shape index (κ3) is 5.82. The summed E-state index contributed by atoms with van der Waals surface area (Å²) in [6, 6.07) is 10.8. The molecule has 0 saturated heterocycles. The Labute approximate surface area is 178 Å². The molecule has 2 rings (SSSR count). The molecule has 1 unspecified atom stereocenters. The van der Waals surface area contributed by atoms with E-state index < -0.39 is 27.9 Å². The molecule has 2 aromatic carbocycles. The summed E-state index contributed by atoms with van der Waals surface area (Å²) in [5.41, 5.74) is 3.09. The van der Waals surface area contributed by atoms with Crippen LogP contribution in [0.25, 0.3) is 0 Å². The number of hydrogen-bond donors (Lipinski definition) is 1. The van der Waals surface area contributed by atoms with Crippen LogP contribution in [0.3, 0.4) is 0 Å². The average Bonchev–Trinajstić information content (AvgIpc) is 2.64. The second kappa shape index (κ2) is 9.75. The van der Waals surface area contributed by atoms with Crippen molar-refractivity contribution in [3.8, 4) is 0 Å². The van der Waals surface area contributed by atoms with E-state index in [-0.39, 0.29) is 13.0 Å². The summed E-state index contributed by atoms with van der Waals surface area (Å²) < 4.78 is 31.3. The molecule has 0 aromatic heterocycles. The highest BCUT2D eigenvalue weighted by molar-refractivity contribution is 7.92. The topological polar surface area (TPSA) is 92.8 Å². The van der Waals surface area contributed by atoms with Crippen molar-refractivity contribution in [1.29, 1.82) is 0 Å². The lowest BCUT2D eigenvalue weighted by Gasteiger charge is -2.30. The van der Waals surface area contributed by atoms with Crippen LogP contribution in [0.2, 0.25) is 0 Å². The van der Waals surface area contributed by atoms with E-state index >= 15 is 0 Å². The number of hydrogen-bond acceptors (Lipinski definition) is 5. The smallest absolute Gasteiger partial charge is 0.338 e. The summed E-state index contributed by atoms with van der Waals surface area (Å²) in [6.07, 6.45) is 1.38. The molecule has 0 fully saturated rings. The lowest BCUT2D eigenvalue weighted by molar-refractivity contribution is -0.117. The molecule has 1 amide bonds. The number of benzene rings is 2. The molecule has 0 aliphatic carbocycles. The largest absolute Gasteiger partial charge is 0.462 e. The molecule has 0 aliphatic heterocycles. The van der Waals surface area contributed by atoms with Crippen LogP contribution in [0.1, 0.15) is 41.8 Å². The summed E-state index contributed by atoms with van der Waals surface area (Å²) >= 11 is 0. The molecule has 8 heteroatoms. The first-order valence-electron chi connectivity index (χ1n) is 9.72. The highest BCUT2D eigenvalue weighted by Gasteiger charge is 2.31. The van der Waals surface area contributed by atoms with Gasteiger partial charge in [-0.1, -0.05) is 13.0 Å². The molecule has 0 spiro atoms. The van der Waals surface area contributed by atoms with E-state index in [1.54, 1.807) is 50.2 Å². The fourth-order valence-electron chi connectivity index (χ4n) is 3.27. The number of amides is 1. The average molecular weight is 433 g/mol. The maximum atomic E-state index is 13.0. The Balaban J connectivity index is 2.31. The van der Waals surface area contributed by atoms with Gasteiger partial charge in [0.1, 0.15) is 6.04 Å². The number of ether oxygens (including phenoxy) is 1. The van der Waals surface area contributed by atoms with Crippen LogP contribution >= 0.6 is 0 Å². The van der Waals surface area contributed by atoms with Crippen LogP contribution in [0.15, 0.2) is 42.5 Å². The summed E-state index contributed by atoms with van der Waals surface area (Å²) in [7, 11) is -3.71. The van der Waals surface area contributed by atoms with Gasteiger partial charge < -0.3 is 10.1 Å². The van der Waals surface area contributed by atoms with Crippen molar-refractivity contribution in [1.82, 2.24) is 0 Å². The minimum Gasteiger partial charge on any atom is -0.462 e. The summed E-state index contributed by atoms with van der Waals surface area (Å²) in [5, 5.41) is 2.75. The van der Waals surface area contributed by atoms with E-state index in [4.69, 9.17) is 4.74 Å². The molecule has 162 valence electrons. The lowest BCUT2D eigenvalue weighted by Crippen LogP contribution is -2.47. The predicted molar refractivity (Wildman–Crippen MR) is 118 cm³/mol. The maximum absolute atomic E-state index is 13.0. The first-order valence-corrected chi connectivity index (χ1v) is 11.6. The zero-order valence-electron chi connectivity index (χ0n) is 17.9. The van der Waals surface area contributed by atoms with Crippen molar-refractivity contribution in [2.45, 2.75) is 40.2 Å². The van der Waals surface area contributed by atoms with E-state index in [9.17, 15) is 18.0 Å². The number of nitrogens with one attached hydrogen (secondary N) is 1. The van der Waals surface area contributed by atoms with Gasteiger partial charge in [0.15, 0.2) is 0 Å². The molecule has 0 radical (unpaired) electrons. The van der Waals surface area contributed by atoms with E-state index in [2.05, 4.69) is 5.32 Å². The predicted octanol–water partition coefficient (Wildman–Crippen LogP) is 3.66. The number of carbonyl (C=O) groups is 2. The summed E-state index contributed by atoms with van der Waals surface area (Å²) in [4.78, 5) is 24.7. The molecule has 0 bridgehead atoms. The Bertz CT molecular complexity index is 996. The van der Waals surface area contributed by atoms with Gasteiger partial charge in [0.05, 0.1) is 24.1 Å². The van der Waals surface area contributed by atoms with Gasteiger partial charge in [-0.3, -0.25) is 9.10 Å². The molecule has 7 nitrogen and oxygen atoms in total. The summed E-state index contributed by atoms with van der Waals surface area (Å²) in [5.74, 6) is -0.897. The molecule has 0 heterocycles. The van der Waals surface area contributed by atoms with Crippen LogP contribution < -0.4 is 9.62 Å². The van der Waals surface area contributed by atoms with E-state index in [1.807, 2.05) is 19.9 Å². The Kier molecular flexibility index (Phi) is 7.61. The normalized spacial score (nSPS) is 12.2. The van der Waals surface area contributed by atoms with E-state index in [0.717, 1.165) is 21.7 Å². The number of carbonyl (C=O) groups excluding carboxylic acids is 2. The SMILES string of the molecule is CCOC(=O)c1ccc(NC(=O)C(CC)N(c2cc(C)cc(C)c2)S(C)(=O)=O)cc1. The first kappa shape index (κ1) is 23.4. The standard InChI is InChI=1S/C22H28N2O5S/c1-6-20(24(30(5,27)28)19-13-15(3)12-16(4)14-19)21(25)23-18-10-8-17(9-11-18)22(26)29-7-2/h8-14,20H,6-7H2,1-5H3,(H,23,25). The Morgan fingerprint density at radius 1 is 1.03 bits per heavy atom. The van der Waals surface area contributed by atoms with Crippen molar-refractivity contribution in [3.63, 3.8) is 0 Å². The molecule has 0 aliphatic rings. The Morgan fingerprint density at radius 2 is 1.60 bits per heavy atom. The number of esters is 1. The molecule has 1 atom stereocenters. The third-order valence-corrected chi connectivity index (χ3v) is 5.63. The monoisotopic (exact) mass is 432 g/mol. The van der Waals surface area contributed by atoms with Crippen LogP contribution in [0.5, 0.6) is 0 Å². The number of anilines is 2. The highest BCUT2D eigenvalue weighted by Crippen LogP contribution is 2.26. The first-order chi connectivity index (χ1) is 14.1. The fraction of sp³-hybridized carbons (Fsp3) is 0.364. The number of sulfonamides is 1. The number of aryl methyl sites for hydroxylation is 2. The highest BCUT2D eigenvalue weighted by atomic mass is 32.2. The van der Waals surface area contributed by atoms with Crippen LogP contribution in [-0.2, 0) is 19.6 Å². The second-order valence-electron chi connectivity index (χ2n) is 7.12. The Morgan fingerprint density at radius 3 is 2.07 bits per heavy atom. The molecule has 0 saturated carbocycles. The number of nitrogens with zero attached hydrogens (tertiary/aromatic N) is 1.